The second kappa shape index (κ2) is 5.01. The van der Waals surface area contributed by atoms with E-state index in [4.69, 9.17) is 0 Å². The lowest BCUT2D eigenvalue weighted by Crippen LogP contribution is -2.05. The molecule has 0 aliphatic rings. The summed E-state index contributed by atoms with van der Waals surface area (Å²) in [6, 6.07) is 3.93. The molecule has 0 spiro atoms. The Morgan fingerprint density at radius 2 is 1.93 bits per heavy atom. The first kappa shape index (κ1) is 12.6. The normalized spacial score (nSPS) is 11.8. The SMILES string of the molecule is Cc1cc(C(F)(F)F)ccc1CCCBr. The van der Waals surface area contributed by atoms with Gasteiger partial charge in [-0.3, -0.25) is 0 Å². The van der Waals surface area contributed by atoms with Crippen molar-refractivity contribution in [2.24, 2.45) is 0 Å². The fraction of sp³-hybridized carbons (Fsp3) is 0.455. The summed E-state index contributed by atoms with van der Waals surface area (Å²) in [5.74, 6) is 0. The van der Waals surface area contributed by atoms with Crippen LogP contribution in [0.1, 0.15) is 23.1 Å². The molecular formula is C11H12BrF3. The second-order valence-corrected chi connectivity index (χ2v) is 4.22. The van der Waals surface area contributed by atoms with Crippen molar-refractivity contribution in [1.82, 2.24) is 0 Å². The van der Waals surface area contributed by atoms with Crippen LogP contribution in [0.4, 0.5) is 13.2 Å². The third-order valence-electron chi connectivity index (χ3n) is 2.25. The highest BCUT2D eigenvalue weighted by atomic mass is 79.9. The van der Waals surface area contributed by atoms with Crippen molar-refractivity contribution in [3.05, 3.63) is 34.9 Å². The molecule has 0 amide bonds. The molecule has 0 aliphatic heterocycles. The summed E-state index contributed by atoms with van der Waals surface area (Å²) in [5, 5.41) is 0.869. The monoisotopic (exact) mass is 280 g/mol. The Balaban J connectivity index is 2.88. The standard InChI is InChI=1S/C11H12BrF3/c1-8-7-10(11(13,14)15)5-4-9(8)3-2-6-12/h4-5,7H,2-3,6H2,1H3. The van der Waals surface area contributed by atoms with Gasteiger partial charge in [-0.05, 0) is 43.0 Å². The maximum atomic E-state index is 12.3. The highest BCUT2D eigenvalue weighted by Gasteiger charge is 2.30. The molecular weight excluding hydrogens is 269 g/mol. The molecule has 15 heavy (non-hydrogen) atoms. The summed E-state index contributed by atoms with van der Waals surface area (Å²) in [5.41, 5.74) is 1.14. The average Bonchev–Trinajstić information content (AvgIpc) is 2.14. The van der Waals surface area contributed by atoms with E-state index in [1.807, 2.05) is 0 Å². The molecule has 84 valence electrons. The Labute approximate surface area is 95.6 Å². The Kier molecular flexibility index (Phi) is 4.20. The van der Waals surface area contributed by atoms with E-state index in [1.54, 1.807) is 13.0 Å². The average molecular weight is 281 g/mol. The van der Waals surface area contributed by atoms with Gasteiger partial charge in [-0.2, -0.15) is 13.2 Å². The molecule has 1 aromatic rings. The van der Waals surface area contributed by atoms with Crippen LogP contribution >= 0.6 is 15.9 Å². The number of hydrogen-bond acceptors (Lipinski definition) is 0. The van der Waals surface area contributed by atoms with Crippen LogP contribution in [0.15, 0.2) is 18.2 Å². The van der Waals surface area contributed by atoms with E-state index in [2.05, 4.69) is 15.9 Å². The van der Waals surface area contributed by atoms with Crippen LogP contribution in [0.2, 0.25) is 0 Å². The minimum absolute atomic E-state index is 0.567. The predicted molar refractivity (Wildman–Crippen MR) is 58.3 cm³/mol. The van der Waals surface area contributed by atoms with Gasteiger partial charge in [0.1, 0.15) is 0 Å². The van der Waals surface area contributed by atoms with Crippen molar-refractivity contribution in [1.29, 1.82) is 0 Å². The molecule has 0 radical (unpaired) electrons. The molecule has 0 bridgehead atoms. The van der Waals surface area contributed by atoms with Crippen molar-refractivity contribution >= 4 is 15.9 Å². The predicted octanol–water partition coefficient (Wildman–Crippen LogP) is 4.34. The van der Waals surface area contributed by atoms with Gasteiger partial charge in [0.05, 0.1) is 5.56 Å². The minimum atomic E-state index is -4.24. The van der Waals surface area contributed by atoms with E-state index in [0.29, 0.717) is 5.56 Å². The lowest BCUT2D eigenvalue weighted by atomic mass is 10.0. The maximum Gasteiger partial charge on any atom is 0.416 e. The first-order chi connectivity index (χ1) is 6.95. The molecule has 0 saturated carbocycles. The second-order valence-electron chi connectivity index (χ2n) is 3.43. The quantitative estimate of drug-likeness (QED) is 0.723. The van der Waals surface area contributed by atoms with Crippen molar-refractivity contribution in [3.63, 3.8) is 0 Å². The van der Waals surface area contributed by atoms with E-state index in [0.717, 1.165) is 29.8 Å². The van der Waals surface area contributed by atoms with E-state index in [-0.39, 0.29) is 0 Å². The van der Waals surface area contributed by atoms with E-state index in [1.165, 1.54) is 6.07 Å². The minimum Gasteiger partial charge on any atom is -0.166 e. The smallest absolute Gasteiger partial charge is 0.166 e. The molecule has 0 atom stereocenters. The molecule has 1 rings (SSSR count). The molecule has 0 aliphatic carbocycles. The zero-order valence-corrected chi connectivity index (χ0v) is 9.95. The van der Waals surface area contributed by atoms with Gasteiger partial charge in [0.15, 0.2) is 0 Å². The number of hydrogen-bond donors (Lipinski definition) is 0. The van der Waals surface area contributed by atoms with Crippen LogP contribution in [0.5, 0.6) is 0 Å². The molecule has 0 aromatic heterocycles. The Bertz CT molecular complexity index is 331. The highest BCUT2D eigenvalue weighted by molar-refractivity contribution is 9.09. The van der Waals surface area contributed by atoms with Gasteiger partial charge in [-0.15, -0.1) is 0 Å². The Morgan fingerprint density at radius 3 is 2.40 bits per heavy atom. The number of benzene rings is 1. The van der Waals surface area contributed by atoms with Gasteiger partial charge >= 0.3 is 6.18 Å². The fourth-order valence-corrected chi connectivity index (χ4v) is 1.69. The third-order valence-corrected chi connectivity index (χ3v) is 2.81. The molecule has 0 N–H and O–H groups in total. The zero-order valence-electron chi connectivity index (χ0n) is 8.37. The number of aryl methyl sites for hydroxylation is 2. The first-order valence-corrected chi connectivity index (χ1v) is 5.80. The van der Waals surface area contributed by atoms with Crippen molar-refractivity contribution in [2.45, 2.75) is 25.9 Å². The van der Waals surface area contributed by atoms with Gasteiger partial charge in [0.25, 0.3) is 0 Å². The van der Waals surface area contributed by atoms with E-state index in [9.17, 15) is 13.2 Å². The van der Waals surface area contributed by atoms with Gasteiger partial charge < -0.3 is 0 Å². The lowest BCUT2D eigenvalue weighted by Gasteiger charge is -2.10. The van der Waals surface area contributed by atoms with E-state index >= 15 is 0 Å². The highest BCUT2D eigenvalue weighted by Crippen LogP contribution is 2.30. The van der Waals surface area contributed by atoms with Crippen LogP contribution in [0.25, 0.3) is 0 Å². The van der Waals surface area contributed by atoms with Gasteiger partial charge in [0.2, 0.25) is 0 Å². The summed E-state index contributed by atoms with van der Waals surface area (Å²) in [6.45, 7) is 1.72. The Hall–Kier alpha value is -0.510. The van der Waals surface area contributed by atoms with Crippen LogP contribution in [-0.4, -0.2) is 5.33 Å². The summed E-state index contributed by atoms with van der Waals surface area (Å²) in [4.78, 5) is 0. The third kappa shape index (κ3) is 3.52. The van der Waals surface area contributed by atoms with Gasteiger partial charge in [-0.25, -0.2) is 0 Å². The van der Waals surface area contributed by atoms with Crippen molar-refractivity contribution < 1.29 is 13.2 Å². The molecule has 0 nitrogen and oxygen atoms in total. The topological polar surface area (TPSA) is 0 Å². The lowest BCUT2D eigenvalue weighted by molar-refractivity contribution is -0.137. The summed E-state index contributed by atoms with van der Waals surface area (Å²) >= 11 is 3.30. The molecule has 0 fully saturated rings. The van der Waals surface area contributed by atoms with Crippen LogP contribution in [-0.2, 0) is 12.6 Å². The van der Waals surface area contributed by atoms with Gasteiger partial charge in [-0.1, -0.05) is 22.0 Å². The van der Waals surface area contributed by atoms with Gasteiger partial charge in [0, 0.05) is 5.33 Å². The first-order valence-electron chi connectivity index (χ1n) is 4.68. The largest absolute Gasteiger partial charge is 0.416 e. The molecule has 0 heterocycles. The molecule has 4 heteroatoms. The van der Waals surface area contributed by atoms with Crippen molar-refractivity contribution in [3.8, 4) is 0 Å². The number of alkyl halides is 4. The molecule has 1 aromatic carbocycles. The fourth-order valence-electron chi connectivity index (χ4n) is 1.41. The Morgan fingerprint density at radius 1 is 1.27 bits per heavy atom. The van der Waals surface area contributed by atoms with Crippen molar-refractivity contribution in [2.75, 3.05) is 5.33 Å². The molecule has 0 unspecified atom stereocenters. The van der Waals surface area contributed by atoms with E-state index < -0.39 is 11.7 Å². The number of halogens is 4. The maximum absolute atomic E-state index is 12.3. The van der Waals surface area contributed by atoms with Crippen LogP contribution in [0, 0.1) is 6.92 Å². The number of rotatable bonds is 3. The van der Waals surface area contributed by atoms with Crippen LogP contribution in [0.3, 0.4) is 0 Å². The zero-order chi connectivity index (χ0) is 11.5. The molecule has 0 saturated heterocycles. The summed E-state index contributed by atoms with van der Waals surface area (Å²) in [6.07, 6.45) is -2.49. The summed E-state index contributed by atoms with van der Waals surface area (Å²) in [7, 11) is 0. The van der Waals surface area contributed by atoms with Crippen LogP contribution < -0.4 is 0 Å². The summed E-state index contributed by atoms with van der Waals surface area (Å²) < 4.78 is 37.0.